The third-order valence-corrected chi connectivity index (χ3v) is 4.48. The molecule has 0 spiro atoms. The number of carbonyl (C=O) groups excluding carboxylic acids is 2. The Labute approximate surface area is 147 Å². The van der Waals surface area contributed by atoms with E-state index in [0.717, 1.165) is 38.6 Å². The number of anilines is 1. The summed E-state index contributed by atoms with van der Waals surface area (Å²) in [5, 5.41) is 9.68. The fourth-order valence-electron chi connectivity index (χ4n) is 3.09. The number of hydrogen-bond donors (Lipinski definition) is 2. The lowest BCUT2D eigenvalue weighted by Crippen LogP contribution is -2.33. The normalized spacial score (nSPS) is 12.7. The first kappa shape index (κ1) is 17.2. The van der Waals surface area contributed by atoms with Gasteiger partial charge in [0.1, 0.15) is 5.82 Å². The number of amides is 2. The minimum absolute atomic E-state index is 0.0606. The molecule has 0 saturated carbocycles. The lowest BCUT2D eigenvalue weighted by atomic mass is 10.1. The third-order valence-electron chi connectivity index (χ3n) is 4.48. The maximum atomic E-state index is 12.3. The molecule has 6 heteroatoms. The van der Waals surface area contributed by atoms with E-state index in [1.165, 1.54) is 11.1 Å². The standard InChI is InChI=1S/C19H24N4O2/c1-2-3-11-23-17(9-10-21-23)22-18(24)13-20-19(25)16-8-7-14-5-4-6-15(14)12-16/h7-10,12H,2-6,11,13H2,1H3,(H,20,25)(H,22,24). The Hall–Kier alpha value is -2.63. The van der Waals surface area contributed by atoms with Gasteiger partial charge in [0.2, 0.25) is 5.91 Å². The molecule has 1 aromatic carbocycles. The lowest BCUT2D eigenvalue weighted by molar-refractivity contribution is -0.115. The van der Waals surface area contributed by atoms with Gasteiger partial charge in [-0.15, -0.1) is 0 Å². The van der Waals surface area contributed by atoms with E-state index in [1.807, 2.05) is 18.2 Å². The summed E-state index contributed by atoms with van der Waals surface area (Å²) in [5.41, 5.74) is 3.19. The van der Waals surface area contributed by atoms with Crippen LogP contribution in [0.2, 0.25) is 0 Å². The summed E-state index contributed by atoms with van der Waals surface area (Å²) in [6, 6.07) is 7.55. The number of nitrogens with one attached hydrogen (secondary N) is 2. The summed E-state index contributed by atoms with van der Waals surface area (Å²) in [6.45, 7) is 2.81. The topological polar surface area (TPSA) is 76.0 Å². The molecule has 1 aliphatic carbocycles. The van der Waals surface area contributed by atoms with Crippen LogP contribution in [0.25, 0.3) is 0 Å². The van der Waals surface area contributed by atoms with Gasteiger partial charge in [0, 0.05) is 18.2 Å². The third kappa shape index (κ3) is 4.26. The Morgan fingerprint density at radius 2 is 2.04 bits per heavy atom. The zero-order valence-corrected chi connectivity index (χ0v) is 14.5. The number of aryl methyl sites for hydroxylation is 3. The molecule has 2 amide bonds. The maximum absolute atomic E-state index is 12.3. The van der Waals surface area contributed by atoms with Gasteiger partial charge in [0.25, 0.3) is 5.91 Å². The van der Waals surface area contributed by atoms with Crippen LogP contribution >= 0.6 is 0 Å². The molecule has 0 radical (unpaired) electrons. The van der Waals surface area contributed by atoms with Crippen LogP contribution in [-0.4, -0.2) is 28.1 Å². The summed E-state index contributed by atoms with van der Waals surface area (Å²) >= 11 is 0. The second-order valence-corrected chi connectivity index (χ2v) is 6.36. The van der Waals surface area contributed by atoms with Gasteiger partial charge < -0.3 is 10.6 Å². The predicted molar refractivity (Wildman–Crippen MR) is 96.6 cm³/mol. The minimum atomic E-state index is -0.257. The van der Waals surface area contributed by atoms with Gasteiger partial charge in [-0.1, -0.05) is 19.4 Å². The van der Waals surface area contributed by atoms with E-state index >= 15 is 0 Å². The number of rotatable bonds is 7. The first-order valence-electron chi connectivity index (χ1n) is 8.89. The average Bonchev–Trinajstić information content (AvgIpc) is 3.26. The van der Waals surface area contributed by atoms with Crippen LogP contribution in [0.5, 0.6) is 0 Å². The zero-order valence-electron chi connectivity index (χ0n) is 14.5. The van der Waals surface area contributed by atoms with Gasteiger partial charge in [-0.3, -0.25) is 9.59 Å². The van der Waals surface area contributed by atoms with E-state index in [0.29, 0.717) is 11.4 Å². The van der Waals surface area contributed by atoms with Gasteiger partial charge in [-0.2, -0.15) is 5.10 Å². The smallest absolute Gasteiger partial charge is 0.251 e. The second-order valence-electron chi connectivity index (χ2n) is 6.36. The van der Waals surface area contributed by atoms with Crippen LogP contribution in [0.4, 0.5) is 5.82 Å². The molecule has 0 bridgehead atoms. The molecule has 0 unspecified atom stereocenters. The van der Waals surface area contributed by atoms with Crippen LogP contribution in [0.1, 0.15) is 47.7 Å². The summed E-state index contributed by atoms with van der Waals surface area (Å²) in [7, 11) is 0. The van der Waals surface area contributed by atoms with Gasteiger partial charge in [0.05, 0.1) is 12.7 Å². The molecule has 0 aliphatic heterocycles. The molecule has 132 valence electrons. The van der Waals surface area contributed by atoms with Crippen molar-refractivity contribution >= 4 is 17.6 Å². The first-order chi connectivity index (χ1) is 12.2. The Balaban J connectivity index is 1.52. The Kier molecular flexibility index (Phi) is 5.48. The molecule has 1 aromatic heterocycles. The van der Waals surface area contributed by atoms with E-state index in [-0.39, 0.29) is 18.4 Å². The molecule has 1 aliphatic rings. The van der Waals surface area contributed by atoms with Gasteiger partial charge in [-0.25, -0.2) is 4.68 Å². The van der Waals surface area contributed by atoms with E-state index in [4.69, 9.17) is 0 Å². The van der Waals surface area contributed by atoms with Crippen molar-refractivity contribution in [2.75, 3.05) is 11.9 Å². The molecule has 2 N–H and O–H groups in total. The van der Waals surface area contributed by atoms with Crippen molar-refractivity contribution in [2.24, 2.45) is 0 Å². The van der Waals surface area contributed by atoms with Crippen molar-refractivity contribution in [3.8, 4) is 0 Å². The van der Waals surface area contributed by atoms with Crippen LogP contribution in [-0.2, 0) is 24.2 Å². The van der Waals surface area contributed by atoms with E-state index in [1.54, 1.807) is 16.9 Å². The highest BCUT2D eigenvalue weighted by molar-refractivity contribution is 5.99. The summed E-state index contributed by atoms with van der Waals surface area (Å²) in [6.07, 6.45) is 6.98. The van der Waals surface area contributed by atoms with Crippen molar-refractivity contribution in [1.29, 1.82) is 0 Å². The number of unbranched alkanes of at least 4 members (excludes halogenated alkanes) is 1. The van der Waals surface area contributed by atoms with Crippen molar-refractivity contribution in [1.82, 2.24) is 15.1 Å². The van der Waals surface area contributed by atoms with Gasteiger partial charge in [-0.05, 0) is 48.9 Å². The van der Waals surface area contributed by atoms with Crippen molar-refractivity contribution in [3.63, 3.8) is 0 Å². The zero-order chi connectivity index (χ0) is 17.6. The largest absolute Gasteiger partial charge is 0.343 e. The number of fused-ring (bicyclic) bond motifs is 1. The van der Waals surface area contributed by atoms with Crippen LogP contribution in [0.3, 0.4) is 0 Å². The molecule has 6 nitrogen and oxygen atoms in total. The van der Waals surface area contributed by atoms with Crippen molar-refractivity contribution in [3.05, 3.63) is 47.2 Å². The fraction of sp³-hybridized carbons (Fsp3) is 0.421. The van der Waals surface area contributed by atoms with Crippen molar-refractivity contribution in [2.45, 2.75) is 45.6 Å². The molecule has 25 heavy (non-hydrogen) atoms. The average molecular weight is 340 g/mol. The number of hydrogen-bond acceptors (Lipinski definition) is 3. The van der Waals surface area contributed by atoms with Gasteiger partial charge >= 0.3 is 0 Å². The Morgan fingerprint density at radius 3 is 2.88 bits per heavy atom. The molecule has 3 rings (SSSR count). The number of carbonyl (C=O) groups is 2. The SMILES string of the molecule is CCCCn1nccc1NC(=O)CNC(=O)c1ccc2c(c1)CCC2. The number of nitrogens with zero attached hydrogens (tertiary/aromatic N) is 2. The van der Waals surface area contributed by atoms with E-state index in [2.05, 4.69) is 22.7 Å². The molecular formula is C19H24N4O2. The Morgan fingerprint density at radius 1 is 1.20 bits per heavy atom. The first-order valence-corrected chi connectivity index (χ1v) is 8.89. The summed E-state index contributed by atoms with van der Waals surface area (Å²) in [4.78, 5) is 24.3. The van der Waals surface area contributed by atoms with Crippen LogP contribution < -0.4 is 10.6 Å². The minimum Gasteiger partial charge on any atom is -0.343 e. The van der Waals surface area contributed by atoms with E-state index < -0.39 is 0 Å². The monoisotopic (exact) mass is 340 g/mol. The fourth-order valence-corrected chi connectivity index (χ4v) is 3.09. The Bertz CT molecular complexity index is 767. The molecule has 2 aromatic rings. The molecule has 1 heterocycles. The predicted octanol–water partition coefficient (Wildman–Crippen LogP) is 2.54. The molecule has 0 saturated heterocycles. The van der Waals surface area contributed by atoms with Crippen LogP contribution in [0, 0.1) is 0 Å². The van der Waals surface area contributed by atoms with Gasteiger partial charge in [0.15, 0.2) is 0 Å². The maximum Gasteiger partial charge on any atom is 0.251 e. The lowest BCUT2D eigenvalue weighted by Gasteiger charge is -2.10. The van der Waals surface area contributed by atoms with E-state index in [9.17, 15) is 9.59 Å². The summed E-state index contributed by atoms with van der Waals surface area (Å²) in [5.74, 6) is 0.183. The second kappa shape index (κ2) is 7.96. The quantitative estimate of drug-likeness (QED) is 0.813. The molecular weight excluding hydrogens is 316 g/mol. The highest BCUT2D eigenvalue weighted by atomic mass is 16.2. The number of benzene rings is 1. The van der Waals surface area contributed by atoms with Crippen molar-refractivity contribution < 1.29 is 9.59 Å². The summed E-state index contributed by atoms with van der Waals surface area (Å²) < 4.78 is 1.77. The molecule has 0 atom stereocenters. The number of aromatic nitrogens is 2. The molecule has 0 fully saturated rings. The highest BCUT2D eigenvalue weighted by Crippen LogP contribution is 2.22. The highest BCUT2D eigenvalue weighted by Gasteiger charge is 2.15. The van der Waals surface area contributed by atoms with Crippen LogP contribution in [0.15, 0.2) is 30.5 Å².